The lowest BCUT2D eigenvalue weighted by atomic mass is 9.77. The van der Waals surface area contributed by atoms with Crippen LogP contribution >= 0.6 is 0 Å². The van der Waals surface area contributed by atoms with Crippen molar-refractivity contribution in [3.05, 3.63) is 139 Å². The maximum absolute atomic E-state index is 4.49. The predicted octanol–water partition coefficient (Wildman–Crippen LogP) is 12.2. The highest BCUT2D eigenvalue weighted by Crippen LogP contribution is 2.46. The molecule has 1 heteroatoms. The van der Waals surface area contributed by atoms with Crippen molar-refractivity contribution in [1.82, 2.24) is 4.98 Å². The van der Waals surface area contributed by atoms with E-state index in [-0.39, 0.29) is 0 Å². The van der Waals surface area contributed by atoms with Crippen molar-refractivity contribution < 1.29 is 0 Å². The van der Waals surface area contributed by atoms with E-state index in [9.17, 15) is 0 Å². The van der Waals surface area contributed by atoms with Gasteiger partial charge in [-0.25, -0.2) is 0 Å². The molecule has 1 nitrogen and oxygen atoms in total. The topological polar surface area (TPSA) is 12.9 Å². The summed E-state index contributed by atoms with van der Waals surface area (Å²) in [7, 11) is 0. The molecule has 0 radical (unpaired) electrons. The fourth-order valence-corrected chi connectivity index (χ4v) is 7.20. The standard InChI is InChI=1S/C42H39N/c1-6-32-33(7-2)40(26-25-37(32)29-16-11-10-12-17-29)42-35(9-4)34(8-3)41(38-18-13-14-19-39(38)42)31-23-21-30(22-24-31)36-20-15-27-43-28(36)5/h6-9,13-15,18-27,29H,1-4,10-12,16-17H2,5H3. The highest BCUT2D eigenvalue weighted by atomic mass is 14.7. The Morgan fingerprint density at radius 1 is 0.581 bits per heavy atom. The molecule has 0 spiro atoms. The molecule has 0 saturated heterocycles. The first-order valence-electron chi connectivity index (χ1n) is 15.4. The fourth-order valence-electron chi connectivity index (χ4n) is 7.20. The van der Waals surface area contributed by atoms with Gasteiger partial charge in [0.05, 0.1) is 0 Å². The molecule has 1 saturated carbocycles. The number of hydrogen-bond donors (Lipinski definition) is 0. The summed E-state index contributed by atoms with van der Waals surface area (Å²) in [5, 5.41) is 2.38. The summed E-state index contributed by atoms with van der Waals surface area (Å²) >= 11 is 0. The second kappa shape index (κ2) is 12.2. The van der Waals surface area contributed by atoms with Gasteiger partial charge in [-0.2, -0.15) is 0 Å². The zero-order valence-corrected chi connectivity index (χ0v) is 25.2. The third-order valence-corrected chi connectivity index (χ3v) is 9.24. The lowest BCUT2D eigenvalue weighted by molar-refractivity contribution is 0.443. The number of nitrogens with zero attached hydrogens (tertiary/aromatic N) is 1. The Morgan fingerprint density at radius 2 is 1.19 bits per heavy atom. The van der Waals surface area contributed by atoms with Crippen LogP contribution in [0, 0.1) is 6.92 Å². The average Bonchev–Trinajstić information content (AvgIpc) is 3.07. The zero-order valence-electron chi connectivity index (χ0n) is 25.2. The lowest BCUT2D eigenvalue weighted by Gasteiger charge is -2.27. The summed E-state index contributed by atoms with van der Waals surface area (Å²) in [6, 6.07) is 26.3. The summed E-state index contributed by atoms with van der Waals surface area (Å²) in [5.41, 5.74) is 13.9. The van der Waals surface area contributed by atoms with Crippen LogP contribution in [0.5, 0.6) is 0 Å². The predicted molar refractivity (Wildman–Crippen MR) is 189 cm³/mol. The first-order valence-corrected chi connectivity index (χ1v) is 15.4. The van der Waals surface area contributed by atoms with Crippen LogP contribution in [0.1, 0.15) is 71.5 Å². The molecule has 0 atom stereocenters. The molecule has 212 valence electrons. The highest BCUT2D eigenvalue weighted by Gasteiger charge is 2.24. The summed E-state index contributed by atoms with van der Waals surface area (Å²) < 4.78 is 0. The monoisotopic (exact) mass is 557 g/mol. The van der Waals surface area contributed by atoms with Crippen molar-refractivity contribution in [2.45, 2.75) is 44.9 Å². The third-order valence-electron chi connectivity index (χ3n) is 9.24. The Morgan fingerprint density at radius 3 is 1.81 bits per heavy atom. The summed E-state index contributed by atoms with van der Waals surface area (Å²) in [6.07, 6.45) is 16.3. The van der Waals surface area contributed by atoms with Crippen LogP contribution in [0.15, 0.2) is 105 Å². The maximum atomic E-state index is 4.49. The Hall–Kier alpha value is -4.75. The highest BCUT2D eigenvalue weighted by molar-refractivity contribution is 6.12. The van der Waals surface area contributed by atoms with Crippen molar-refractivity contribution >= 4 is 35.1 Å². The van der Waals surface area contributed by atoms with Crippen molar-refractivity contribution in [2.75, 3.05) is 0 Å². The molecule has 1 fully saturated rings. The lowest BCUT2D eigenvalue weighted by Crippen LogP contribution is -2.08. The Balaban J connectivity index is 1.60. The normalized spacial score (nSPS) is 13.5. The fraction of sp³-hybridized carbons (Fsp3) is 0.167. The van der Waals surface area contributed by atoms with Crippen LogP contribution in [-0.4, -0.2) is 4.98 Å². The van der Waals surface area contributed by atoms with Crippen LogP contribution in [0.25, 0.3) is 68.5 Å². The summed E-state index contributed by atoms with van der Waals surface area (Å²) in [4.78, 5) is 4.49. The van der Waals surface area contributed by atoms with Gasteiger partial charge < -0.3 is 0 Å². The van der Waals surface area contributed by atoms with E-state index in [1.54, 1.807) is 0 Å². The minimum Gasteiger partial charge on any atom is -0.261 e. The second-order valence-corrected chi connectivity index (χ2v) is 11.5. The van der Waals surface area contributed by atoms with E-state index in [1.807, 2.05) is 36.6 Å². The molecule has 43 heavy (non-hydrogen) atoms. The van der Waals surface area contributed by atoms with E-state index >= 15 is 0 Å². The van der Waals surface area contributed by atoms with E-state index < -0.39 is 0 Å². The summed E-state index contributed by atoms with van der Waals surface area (Å²) in [6.45, 7) is 19.2. The van der Waals surface area contributed by atoms with Gasteiger partial charge in [0.1, 0.15) is 0 Å². The van der Waals surface area contributed by atoms with Crippen molar-refractivity contribution in [3.63, 3.8) is 0 Å². The molecule has 0 bridgehead atoms. The van der Waals surface area contributed by atoms with Crippen molar-refractivity contribution in [3.8, 4) is 33.4 Å². The van der Waals surface area contributed by atoms with E-state index in [0.29, 0.717) is 5.92 Å². The molecule has 0 N–H and O–H groups in total. The van der Waals surface area contributed by atoms with Crippen LogP contribution in [-0.2, 0) is 0 Å². The first-order chi connectivity index (χ1) is 21.1. The van der Waals surface area contributed by atoms with Gasteiger partial charge in [0.2, 0.25) is 0 Å². The van der Waals surface area contributed by atoms with Gasteiger partial charge in [-0.3, -0.25) is 4.98 Å². The molecular weight excluding hydrogens is 518 g/mol. The van der Waals surface area contributed by atoms with Gasteiger partial charge in [0.25, 0.3) is 0 Å². The molecular formula is C42H39N. The minimum absolute atomic E-state index is 0.578. The second-order valence-electron chi connectivity index (χ2n) is 11.5. The SMILES string of the molecule is C=Cc1c(-c2c(C=C)c(C=C)c(-c3ccc(-c4cccnc4C)cc3)c3ccccc23)ccc(C2CCCCC2)c1C=C. The zero-order chi connectivity index (χ0) is 29.9. The molecule has 1 heterocycles. The number of fused-ring (bicyclic) bond motifs is 1. The molecule has 0 aliphatic heterocycles. The number of benzene rings is 4. The molecule has 0 unspecified atom stereocenters. The van der Waals surface area contributed by atoms with Crippen LogP contribution < -0.4 is 0 Å². The van der Waals surface area contributed by atoms with Crippen molar-refractivity contribution in [1.29, 1.82) is 0 Å². The molecule has 5 aromatic rings. The van der Waals surface area contributed by atoms with Gasteiger partial charge in [0.15, 0.2) is 0 Å². The van der Waals surface area contributed by atoms with Crippen LogP contribution in [0.3, 0.4) is 0 Å². The number of aromatic nitrogens is 1. The number of hydrogen-bond acceptors (Lipinski definition) is 1. The summed E-state index contributed by atoms with van der Waals surface area (Å²) in [5.74, 6) is 0.578. The van der Waals surface area contributed by atoms with Crippen LogP contribution in [0.4, 0.5) is 0 Å². The largest absolute Gasteiger partial charge is 0.261 e. The van der Waals surface area contributed by atoms with Gasteiger partial charge in [-0.05, 0) is 98.2 Å². The number of aryl methyl sites for hydroxylation is 1. The Kier molecular flexibility index (Phi) is 8.07. The van der Waals surface area contributed by atoms with Crippen LogP contribution in [0.2, 0.25) is 0 Å². The quantitative estimate of drug-likeness (QED) is 0.185. The molecule has 4 aromatic carbocycles. The molecule has 1 aromatic heterocycles. The maximum Gasteiger partial charge on any atom is 0.0450 e. The van der Waals surface area contributed by atoms with E-state index in [0.717, 1.165) is 44.6 Å². The minimum atomic E-state index is 0.578. The molecule has 1 aliphatic rings. The molecule has 0 amide bonds. The Labute approximate surface area is 256 Å². The van der Waals surface area contributed by atoms with Gasteiger partial charge in [-0.15, -0.1) is 0 Å². The van der Waals surface area contributed by atoms with Gasteiger partial charge >= 0.3 is 0 Å². The van der Waals surface area contributed by atoms with E-state index in [2.05, 4.69) is 105 Å². The average molecular weight is 558 g/mol. The number of pyridine rings is 1. The van der Waals surface area contributed by atoms with Crippen molar-refractivity contribution in [2.24, 2.45) is 0 Å². The molecule has 6 rings (SSSR count). The smallest absolute Gasteiger partial charge is 0.0450 e. The molecule has 1 aliphatic carbocycles. The third kappa shape index (κ3) is 5.00. The van der Waals surface area contributed by atoms with Gasteiger partial charge in [-0.1, -0.05) is 137 Å². The first kappa shape index (κ1) is 28.4. The van der Waals surface area contributed by atoms with E-state index in [4.69, 9.17) is 0 Å². The van der Waals surface area contributed by atoms with Gasteiger partial charge in [0, 0.05) is 17.5 Å². The number of rotatable bonds is 8. The van der Waals surface area contributed by atoms with E-state index in [1.165, 1.54) is 65.1 Å². The Bertz CT molecular complexity index is 1860.